The quantitative estimate of drug-likeness (QED) is 0.228. The predicted molar refractivity (Wildman–Crippen MR) is 139 cm³/mol. The van der Waals surface area contributed by atoms with Crippen LogP contribution in [0.3, 0.4) is 0 Å². The number of pyridine rings is 1. The monoisotopic (exact) mass is 558 g/mol. The molecular formula is C28H26F4N4O4. The van der Waals surface area contributed by atoms with Gasteiger partial charge in [0, 0.05) is 22.0 Å². The molecule has 0 aliphatic rings. The van der Waals surface area contributed by atoms with Crippen LogP contribution in [0.2, 0.25) is 0 Å². The van der Waals surface area contributed by atoms with Gasteiger partial charge in [-0.05, 0) is 61.9 Å². The number of aromatic amines is 1. The number of rotatable bonds is 9. The van der Waals surface area contributed by atoms with Crippen LogP contribution in [0, 0.1) is 12.7 Å². The third-order valence-corrected chi connectivity index (χ3v) is 6.24. The van der Waals surface area contributed by atoms with Crippen molar-refractivity contribution in [1.29, 1.82) is 0 Å². The van der Waals surface area contributed by atoms with Gasteiger partial charge in [0.2, 0.25) is 11.5 Å². The molecule has 40 heavy (non-hydrogen) atoms. The summed E-state index contributed by atoms with van der Waals surface area (Å²) < 4.78 is 62.6. The number of carbonyl (C=O) groups is 2. The Morgan fingerprint density at radius 2 is 1.80 bits per heavy atom. The van der Waals surface area contributed by atoms with Gasteiger partial charge in [0.25, 0.3) is 5.91 Å². The summed E-state index contributed by atoms with van der Waals surface area (Å²) in [5.41, 5.74) is 2.19. The van der Waals surface area contributed by atoms with Crippen molar-refractivity contribution in [2.24, 2.45) is 5.73 Å². The van der Waals surface area contributed by atoms with Crippen LogP contribution in [-0.2, 0) is 16.8 Å². The number of nitrogens with two attached hydrogens (primary N) is 1. The number of H-pyrrole nitrogens is 1. The fourth-order valence-electron chi connectivity index (χ4n) is 4.23. The van der Waals surface area contributed by atoms with Crippen molar-refractivity contribution in [2.75, 3.05) is 13.2 Å². The van der Waals surface area contributed by atoms with Crippen molar-refractivity contribution in [1.82, 2.24) is 15.3 Å². The molecule has 4 rings (SSSR count). The first-order valence-corrected chi connectivity index (χ1v) is 12.2. The van der Waals surface area contributed by atoms with Crippen molar-refractivity contribution >= 4 is 22.7 Å². The molecule has 2 heterocycles. The second-order valence-electron chi connectivity index (χ2n) is 9.24. The maximum absolute atomic E-state index is 14.5. The Morgan fingerprint density at radius 1 is 1.10 bits per heavy atom. The number of hydrogen-bond donors (Lipinski definition) is 4. The number of alkyl halides is 3. The SMILES string of the molecule is CCOc1c(CC(N)=O)cc([C@@](O)(CNC(=O)c2cc3ccc(C)cc3[nH]2)C(F)(F)F)nc1-c1ccc(F)cc1. The molecule has 0 bridgehead atoms. The van der Waals surface area contributed by atoms with Gasteiger partial charge >= 0.3 is 6.18 Å². The Kier molecular flexibility index (Phi) is 7.83. The van der Waals surface area contributed by atoms with E-state index in [0.717, 1.165) is 23.8 Å². The third-order valence-electron chi connectivity index (χ3n) is 6.24. The Morgan fingerprint density at radius 3 is 2.42 bits per heavy atom. The second kappa shape index (κ2) is 11.0. The predicted octanol–water partition coefficient (Wildman–Crippen LogP) is 4.28. The molecule has 5 N–H and O–H groups in total. The lowest BCUT2D eigenvalue weighted by Crippen LogP contribution is -2.51. The molecule has 0 spiro atoms. The largest absolute Gasteiger partial charge is 0.491 e. The van der Waals surface area contributed by atoms with E-state index in [0.29, 0.717) is 10.9 Å². The zero-order valence-corrected chi connectivity index (χ0v) is 21.5. The van der Waals surface area contributed by atoms with Crippen molar-refractivity contribution in [3.63, 3.8) is 0 Å². The summed E-state index contributed by atoms with van der Waals surface area (Å²) in [4.78, 5) is 31.5. The van der Waals surface area contributed by atoms with E-state index in [4.69, 9.17) is 10.5 Å². The molecule has 2 aromatic heterocycles. The van der Waals surface area contributed by atoms with E-state index in [9.17, 15) is 32.3 Å². The van der Waals surface area contributed by atoms with Crippen LogP contribution in [0.1, 0.15) is 34.2 Å². The van der Waals surface area contributed by atoms with E-state index in [1.165, 1.54) is 18.2 Å². The molecule has 2 amide bonds. The maximum Gasteiger partial charge on any atom is 0.424 e. The number of carbonyl (C=O) groups excluding carboxylic acids is 2. The molecule has 0 radical (unpaired) electrons. The van der Waals surface area contributed by atoms with Crippen LogP contribution in [0.15, 0.2) is 54.6 Å². The third kappa shape index (κ3) is 5.76. The fraction of sp³-hybridized carbons (Fsp3) is 0.250. The molecule has 210 valence electrons. The molecule has 0 saturated carbocycles. The molecular weight excluding hydrogens is 532 g/mol. The zero-order chi connectivity index (χ0) is 29.2. The lowest BCUT2D eigenvalue weighted by atomic mass is 9.93. The molecule has 0 aliphatic heterocycles. The van der Waals surface area contributed by atoms with E-state index >= 15 is 0 Å². The molecule has 8 nitrogen and oxygen atoms in total. The van der Waals surface area contributed by atoms with E-state index in [1.807, 2.05) is 13.0 Å². The van der Waals surface area contributed by atoms with Crippen LogP contribution >= 0.6 is 0 Å². The van der Waals surface area contributed by atoms with Gasteiger partial charge in [-0.15, -0.1) is 0 Å². The number of nitrogens with one attached hydrogen (secondary N) is 2. The Balaban J connectivity index is 1.79. The lowest BCUT2D eigenvalue weighted by molar-refractivity contribution is -0.265. The molecule has 4 aromatic rings. The first-order valence-electron chi connectivity index (χ1n) is 12.2. The van der Waals surface area contributed by atoms with Gasteiger partial charge in [0.1, 0.15) is 23.0 Å². The highest BCUT2D eigenvalue weighted by Crippen LogP contribution is 2.42. The van der Waals surface area contributed by atoms with Crippen molar-refractivity contribution in [3.8, 4) is 17.0 Å². The highest BCUT2D eigenvalue weighted by atomic mass is 19.4. The minimum atomic E-state index is -5.32. The number of primary amides is 1. The summed E-state index contributed by atoms with van der Waals surface area (Å²) in [6.45, 7) is 2.22. The van der Waals surface area contributed by atoms with Crippen LogP contribution in [0.4, 0.5) is 17.6 Å². The van der Waals surface area contributed by atoms with Crippen LogP contribution in [0.5, 0.6) is 5.75 Å². The number of benzene rings is 2. The van der Waals surface area contributed by atoms with Crippen LogP contribution in [0.25, 0.3) is 22.2 Å². The minimum Gasteiger partial charge on any atom is -0.491 e. The van der Waals surface area contributed by atoms with E-state index in [-0.39, 0.29) is 34.9 Å². The van der Waals surface area contributed by atoms with Crippen molar-refractivity contribution in [3.05, 3.63) is 82.9 Å². The molecule has 1 atom stereocenters. The topological polar surface area (TPSA) is 130 Å². The van der Waals surface area contributed by atoms with E-state index in [1.54, 1.807) is 19.1 Å². The molecule has 2 aromatic carbocycles. The number of fused-ring (bicyclic) bond motifs is 1. The molecule has 0 aliphatic carbocycles. The number of nitrogens with zero attached hydrogens (tertiary/aromatic N) is 1. The van der Waals surface area contributed by atoms with E-state index < -0.39 is 48.1 Å². The van der Waals surface area contributed by atoms with Gasteiger partial charge in [0.15, 0.2) is 0 Å². The number of halogens is 4. The lowest BCUT2D eigenvalue weighted by Gasteiger charge is -2.31. The molecule has 0 fully saturated rings. The zero-order valence-electron chi connectivity index (χ0n) is 21.5. The standard InChI is InChI=1S/C28H26F4N4O4/c1-3-40-25-18(13-23(33)37)12-22(36-24(25)16-6-8-19(29)9-7-16)27(39,28(30,31)32)14-34-26(38)21-11-17-5-4-15(2)10-20(17)35-21/h4-12,35,39H,3,13-14H2,1-2H3,(H2,33,37)(H,34,38)/t27-/m0/s1. The normalized spacial score (nSPS) is 13.2. The van der Waals surface area contributed by atoms with Crippen LogP contribution < -0.4 is 15.8 Å². The highest BCUT2D eigenvalue weighted by molar-refractivity contribution is 5.98. The van der Waals surface area contributed by atoms with Crippen molar-refractivity contribution < 1.29 is 37.0 Å². The van der Waals surface area contributed by atoms with Gasteiger partial charge < -0.3 is 25.9 Å². The average molecular weight is 559 g/mol. The van der Waals surface area contributed by atoms with E-state index in [2.05, 4.69) is 15.3 Å². The summed E-state index contributed by atoms with van der Waals surface area (Å²) >= 11 is 0. The van der Waals surface area contributed by atoms with Crippen LogP contribution in [-0.4, -0.2) is 46.2 Å². The van der Waals surface area contributed by atoms with Gasteiger partial charge in [-0.1, -0.05) is 12.1 Å². The first-order chi connectivity index (χ1) is 18.8. The summed E-state index contributed by atoms with van der Waals surface area (Å²) in [6.07, 6.45) is -5.85. The number of aliphatic hydroxyl groups is 1. The number of aromatic nitrogens is 2. The molecule has 0 unspecified atom stereocenters. The Bertz CT molecular complexity index is 1570. The smallest absolute Gasteiger partial charge is 0.424 e. The van der Waals surface area contributed by atoms with Gasteiger partial charge in [-0.25, -0.2) is 9.37 Å². The van der Waals surface area contributed by atoms with Gasteiger partial charge in [-0.2, -0.15) is 13.2 Å². The van der Waals surface area contributed by atoms with Crippen molar-refractivity contribution in [2.45, 2.75) is 32.0 Å². The number of hydrogen-bond acceptors (Lipinski definition) is 5. The highest BCUT2D eigenvalue weighted by Gasteiger charge is 2.56. The minimum absolute atomic E-state index is 0.00815. The van der Waals surface area contributed by atoms with Gasteiger partial charge in [0.05, 0.1) is 25.3 Å². The van der Waals surface area contributed by atoms with Gasteiger partial charge in [-0.3, -0.25) is 9.59 Å². The number of aryl methyl sites for hydroxylation is 1. The summed E-state index contributed by atoms with van der Waals surface area (Å²) in [6, 6.07) is 12.4. The second-order valence-corrected chi connectivity index (χ2v) is 9.24. The number of amides is 2. The Labute approximate surface area is 226 Å². The fourth-order valence-corrected chi connectivity index (χ4v) is 4.23. The number of ether oxygens (including phenoxy) is 1. The molecule has 0 saturated heterocycles. The molecule has 12 heteroatoms. The summed E-state index contributed by atoms with van der Waals surface area (Å²) in [5, 5.41) is 13.9. The average Bonchev–Trinajstić information content (AvgIpc) is 3.31. The summed E-state index contributed by atoms with van der Waals surface area (Å²) in [5.74, 6) is -2.41. The Hall–Kier alpha value is -4.45. The summed E-state index contributed by atoms with van der Waals surface area (Å²) in [7, 11) is 0. The first kappa shape index (κ1) is 28.6. The maximum atomic E-state index is 14.5.